The van der Waals surface area contributed by atoms with Crippen LogP contribution in [-0.2, 0) is 11.2 Å². The number of benzene rings is 2. The first-order valence-electron chi connectivity index (χ1n) is 9.47. The Morgan fingerprint density at radius 2 is 1.89 bits per heavy atom. The van der Waals surface area contributed by atoms with Crippen molar-refractivity contribution in [2.24, 2.45) is 4.99 Å². The van der Waals surface area contributed by atoms with Crippen LogP contribution in [0.25, 0.3) is 0 Å². The molecule has 0 saturated carbocycles. The molecule has 1 N–H and O–H groups in total. The number of guanidine groups is 1. The van der Waals surface area contributed by atoms with Crippen LogP contribution >= 0.6 is 24.0 Å². The topological polar surface area (TPSA) is 36.9 Å². The fraction of sp³-hybridized carbons (Fsp3) is 0.409. The van der Waals surface area contributed by atoms with Gasteiger partial charge in [0.1, 0.15) is 6.10 Å². The van der Waals surface area contributed by atoms with Gasteiger partial charge in [0.25, 0.3) is 0 Å². The largest absolute Gasteiger partial charge is 0.370 e. The van der Waals surface area contributed by atoms with Gasteiger partial charge >= 0.3 is 0 Å². The second kappa shape index (κ2) is 9.06. The van der Waals surface area contributed by atoms with E-state index in [0.29, 0.717) is 5.92 Å². The number of fused-ring (bicyclic) bond motifs is 1. The molecule has 2 aliphatic rings. The third-order valence-electron chi connectivity index (χ3n) is 5.58. The first-order chi connectivity index (χ1) is 12.8. The van der Waals surface area contributed by atoms with E-state index in [0.717, 1.165) is 38.6 Å². The second-order valence-corrected chi connectivity index (χ2v) is 7.19. The van der Waals surface area contributed by atoms with Crippen molar-refractivity contribution in [1.29, 1.82) is 0 Å². The van der Waals surface area contributed by atoms with E-state index in [1.54, 1.807) is 0 Å². The van der Waals surface area contributed by atoms with Crippen LogP contribution < -0.4 is 5.32 Å². The molecule has 4 rings (SSSR count). The van der Waals surface area contributed by atoms with Gasteiger partial charge in [0, 0.05) is 26.1 Å². The second-order valence-electron chi connectivity index (χ2n) is 7.19. The van der Waals surface area contributed by atoms with E-state index >= 15 is 0 Å². The molecule has 2 aromatic carbocycles. The SMILES string of the molecule is CN=C(NCC1Cc2ccccc21)N1CCOC(c2ccccc2C)C1.I. The number of hydrogen-bond donors (Lipinski definition) is 1. The summed E-state index contributed by atoms with van der Waals surface area (Å²) in [4.78, 5) is 6.85. The molecule has 0 radical (unpaired) electrons. The van der Waals surface area contributed by atoms with Gasteiger partial charge in [-0.2, -0.15) is 0 Å². The highest BCUT2D eigenvalue weighted by Crippen LogP contribution is 2.34. The summed E-state index contributed by atoms with van der Waals surface area (Å²) in [5.74, 6) is 1.58. The van der Waals surface area contributed by atoms with Gasteiger partial charge in [-0.15, -0.1) is 24.0 Å². The minimum absolute atomic E-state index is 0. The highest BCUT2D eigenvalue weighted by atomic mass is 127. The number of halogens is 1. The third-order valence-corrected chi connectivity index (χ3v) is 5.58. The summed E-state index contributed by atoms with van der Waals surface area (Å²) in [5.41, 5.74) is 5.53. The lowest BCUT2D eigenvalue weighted by Crippen LogP contribution is -2.49. The number of nitrogens with zero attached hydrogens (tertiary/aromatic N) is 2. The molecule has 1 aliphatic carbocycles. The molecule has 27 heavy (non-hydrogen) atoms. The van der Waals surface area contributed by atoms with Gasteiger partial charge < -0.3 is 15.0 Å². The number of hydrogen-bond acceptors (Lipinski definition) is 2. The molecular formula is C22H28IN3O. The maximum Gasteiger partial charge on any atom is 0.193 e. The van der Waals surface area contributed by atoms with Gasteiger partial charge in [-0.1, -0.05) is 48.5 Å². The van der Waals surface area contributed by atoms with Crippen molar-refractivity contribution < 1.29 is 4.74 Å². The van der Waals surface area contributed by atoms with Crippen molar-refractivity contribution in [3.8, 4) is 0 Å². The van der Waals surface area contributed by atoms with Crippen LogP contribution in [0.3, 0.4) is 0 Å². The van der Waals surface area contributed by atoms with E-state index in [1.165, 1.54) is 22.3 Å². The molecule has 5 heteroatoms. The fourth-order valence-electron chi connectivity index (χ4n) is 4.07. The zero-order chi connectivity index (χ0) is 17.9. The van der Waals surface area contributed by atoms with Crippen LogP contribution in [0.2, 0.25) is 0 Å². The number of aryl methyl sites for hydroxylation is 1. The Hall–Kier alpha value is -1.60. The highest BCUT2D eigenvalue weighted by molar-refractivity contribution is 14.0. The molecule has 1 fully saturated rings. The zero-order valence-electron chi connectivity index (χ0n) is 16.0. The van der Waals surface area contributed by atoms with Crippen molar-refractivity contribution in [1.82, 2.24) is 10.2 Å². The van der Waals surface area contributed by atoms with E-state index < -0.39 is 0 Å². The summed E-state index contributed by atoms with van der Waals surface area (Å²) >= 11 is 0. The molecule has 2 atom stereocenters. The molecule has 2 aromatic rings. The molecular weight excluding hydrogens is 449 g/mol. The summed E-state index contributed by atoms with van der Waals surface area (Å²) in [6.07, 6.45) is 1.27. The Bertz CT molecular complexity index is 808. The summed E-state index contributed by atoms with van der Waals surface area (Å²) in [6.45, 7) is 5.54. The van der Waals surface area contributed by atoms with Crippen LogP contribution in [0.15, 0.2) is 53.5 Å². The monoisotopic (exact) mass is 477 g/mol. The number of aliphatic imine (C=N–C) groups is 1. The van der Waals surface area contributed by atoms with E-state index in [9.17, 15) is 0 Å². The standard InChI is InChI=1S/C22H27N3O.HI/c1-16-7-3-5-9-19(16)21-15-25(11-12-26-21)22(23-2)24-14-18-13-17-8-4-6-10-20(17)18;/h3-10,18,21H,11-15H2,1-2H3,(H,23,24);1H. The predicted molar refractivity (Wildman–Crippen MR) is 121 cm³/mol. The average molecular weight is 477 g/mol. The Morgan fingerprint density at radius 3 is 2.63 bits per heavy atom. The molecule has 0 aromatic heterocycles. The first-order valence-corrected chi connectivity index (χ1v) is 9.47. The number of rotatable bonds is 3. The average Bonchev–Trinajstić information content (AvgIpc) is 2.66. The number of ether oxygens (including phenoxy) is 1. The van der Waals surface area contributed by atoms with E-state index in [2.05, 4.69) is 70.7 Å². The van der Waals surface area contributed by atoms with Crippen LogP contribution in [0, 0.1) is 6.92 Å². The predicted octanol–water partition coefficient (Wildman–Crippen LogP) is 3.90. The van der Waals surface area contributed by atoms with E-state index in [-0.39, 0.29) is 30.1 Å². The number of morpholine rings is 1. The summed E-state index contributed by atoms with van der Waals surface area (Å²) in [6, 6.07) is 17.2. The molecule has 1 aliphatic heterocycles. The molecule has 144 valence electrons. The van der Waals surface area contributed by atoms with Crippen LogP contribution in [0.1, 0.15) is 34.3 Å². The van der Waals surface area contributed by atoms with Gasteiger partial charge in [-0.25, -0.2) is 0 Å². The van der Waals surface area contributed by atoms with Gasteiger partial charge in [-0.3, -0.25) is 4.99 Å². The minimum Gasteiger partial charge on any atom is -0.370 e. The molecule has 4 nitrogen and oxygen atoms in total. The van der Waals surface area contributed by atoms with E-state index in [1.807, 2.05) is 7.05 Å². The van der Waals surface area contributed by atoms with Gasteiger partial charge in [0.05, 0.1) is 13.2 Å². The molecule has 1 heterocycles. The minimum atomic E-state index is 0. The lowest BCUT2D eigenvalue weighted by Gasteiger charge is -2.37. The Labute approximate surface area is 179 Å². The van der Waals surface area contributed by atoms with Crippen molar-refractivity contribution in [3.05, 3.63) is 70.8 Å². The number of nitrogens with one attached hydrogen (secondary N) is 1. The Balaban J connectivity index is 0.00000210. The van der Waals surface area contributed by atoms with Gasteiger partial charge in [0.2, 0.25) is 0 Å². The van der Waals surface area contributed by atoms with E-state index in [4.69, 9.17) is 4.74 Å². The normalized spacial score (nSPS) is 21.7. The highest BCUT2D eigenvalue weighted by Gasteiger charge is 2.28. The van der Waals surface area contributed by atoms with Gasteiger partial charge in [0.15, 0.2) is 5.96 Å². The third kappa shape index (κ3) is 4.29. The smallest absolute Gasteiger partial charge is 0.193 e. The molecule has 0 amide bonds. The fourth-order valence-corrected chi connectivity index (χ4v) is 4.07. The molecule has 1 saturated heterocycles. The maximum atomic E-state index is 6.05. The Morgan fingerprint density at radius 1 is 1.15 bits per heavy atom. The molecule has 0 bridgehead atoms. The summed E-state index contributed by atoms with van der Waals surface area (Å²) in [5, 5.41) is 3.59. The van der Waals surface area contributed by atoms with Crippen molar-refractivity contribution in [3.63, 3.8) is 0 Å². The zero-order valence-corrected chi connectivity index (χ0v) is 18.4. The van der Waals surface area contributed by atoms with Crippen molar-refractivity contribution >= 4 is 29.9 Å². The van der Waals surface area contributed by atoms with Crippen LogP contribution in [0.4, 0.5) is 0 Å². The van der Waals surface area contributed by atoms with Gasteiger partial charge in [-0.05, 0) is 35.6 Å². The van der Waals surface area contributed by atoms with Crippen LogP contribution in [0.5, 0.6) is 0 Å². The summed E-state index contributed by atoms with van der Waals surface area (Å²) in [7, 11) is 1.87. The lowest BCUT2D eigenvalue weighted by molar-refractivity contribution is -0.00833. The van der Waals surface area contributed by atoms with Crippen molar-refractivity contribution in [2.75, 3.05) is 33.3 Å². The quantitative estimate of drug-likeness (QED) is 0.414. The first kappa shape index (κ1) is 20.1. The summed E-state index contributed by atoms with van der Waals surface area (Å²) < 4.78 is 6.05. The lowest BCUT2D eigenvalue weighted by atomic mass is 9.78. The van der Waals surface area contributed by atoms with Crippen LogP contribution in [-0.4, -0.2) is 44.1 Å². The maximum absolute atomic E-state index is 6.05. The Kier molecular flexibility index (Phi) is 6.76. The molecule has 0 spiro atoms. The molecule has 2 unspecified atom stereocenters. The van der Waals surface area contributed by atoms with Crippen molar-refractivity contribution in [2.45, 2.75) is 25.4 Å².